The van der Waals surface area contributed by atoms with Gasteiger partial charge in [-0.05, 0) is 36.4 Å². The van der Waals surface area contributed by atoms with E-state index in [1.807, 2.05) is 6.07 Å². The van der Waals surface area contributed by atoms with Crippen LogP contribution in [-0.2, 0) is 0 Å². The largest absolute Gasteiger partial charge is 0.463 e. The third kappa shape index (κ3) is 2.56. The maximum absolute atomic E-state index is 5.80. The summed E-state index contributed by atoms with van der Waals surface area (Å²) in [6.07, 6.45) is 3.19. The van der Waals surface area contributed by atoms with Gasteiger partial charge in [0.15, 0.2) is 5.76 Å². The van der Waals surface area contributed by atoms with Gasteiger partial charge in [-0.1, -0.05) is 11.6 Å². The van der Waals surface area contributed by atoms with Gasteiger partial charge in [0.1, 0.15) is 11.4 Å². The molecule has 0 atom stereocenters. The van der Waals surface area contributed by atoms with E-state index >= 15 is 0 Å². The topological polar surface area (TPSA) is 66.5 Å². The number of H-pyrrole nitrogens is 1. The van der Waals surface area contributed by atoms with Crippen molar-refractivity contribution in [2.75, 3.05) is 0 Å². The zero-order valence-corrected chi connectivity index (χ0v) is 10.5. The van der Waals surface area contributed by atoms with E-state index in [-0.39, 0.29) is 0 Å². The number of furan rings is 1. The average Bonchev–Trinajstić information content (AvgIpc) is 3.08. The number of azo groups is 1. The normalized spacial score (nSPS) is 11.2. The van der Waals surface area contributed by atoms with Crippen molar-refractivity contribution in [1.82, 2.24) is 10.2 Å². The van der Waals surface area contributed by atoms with E-state index in [4.69, 9.17) is 16.0 Å². The Hall–Kier alpha value is -2.40. The fourth-order valence-electron chi connectivity index (χ4n) is 1.58. The minimum absolute atomic E-state index is 0.616. The van der Waals surface area contributed by atoms with Gasteiger partial charge in [0.2, 0.25) is 0 Å². The molecule has 3 rings (SSSR count). The Morgan fingerprint density at radius 1 is 1.11 bits per heavy atom. The molecule has 0 aliphatic carbocycles. The number of halogens is 1. The summed E-state index contributed by atoms with van der Waals surface area (Å²) in [5.74, 6) is 0.669. The first kappa shape index (κ1) is 11.7. The van der Waals surface area contributed by atoms with Crippen LogP contribution in [0.15, 0.2) is 63.5 Å². The lowest BCUT2D eigenvalue weighted by molar-refractivity contribution is 0.580. The van der Waals surface area contributed by atoms with E-state index in [0.29, 0.717) is 22.2 Å². The van der Waals surface area contributed by atoms with Gasteiger partial charge >= 0.3 is 0 Å². The molecule has 0 saturated carbocycles. The third-order valence-corrected chi connectivity index (χ3v) is 2.74. The van der Waals surface area contributed by atoms with Crippen LogP contribution in [0.3, 0.4) is 0 Å². The van der Waals surface area contributed by atoms with Gasteiger partial charge in [0.05, 0.1) is 18.1 Å². The van der Waals surface area contributed by atoms with Gasteiger partial charge in [-0.2, -0.15) is 10.2 Å². The number of rotatable bonds is 3. The summed E-state index contributed by atoms with van der Waals surface area (Å²) in [7, 11) is 0. The second-order valence-corrected chi connectivity index (χ2v) is 4.22. The van der Waals surface area contributed by atoms with E-state index in [1.165, 1.54) is 0 Å². The molecule has 0 unspecified atom stereocenters. The lowest BCUT2D eigenvalue weighted by Gasteiger charge is -1.94. The first-order valence-corrected chi connectivity index (χ1v) is 5.95. The van der Waals surface area contributed by atoms with E-state index < -0.39 is 0 Å². The molecule has 0 spiro atoms. The maximum atomic E-state index is 5.80. The predicted molar refractivity (Wildman–Crippen MR) is 71.9 cm³/mol. The van der Waals surface area contributed by atoms with E-state index in [2.05, 4.69) is 20.4 Å². The fraction of sp³-hybridized carbons (Fsp3) is 0. The van der Waals surface area contributed by atoms with Crippen molar-refractivity contribution in [2.24, 2.45) is 10.2 Å². The quantitative estimate of drug-likeness (QED) is 0.700. The van der Waals surface area contributed by atoms with E-state index in [9.17, 15) is 0 Å². The van der Waals surface area contributed by atoms with Crippen molar-refractivity contribution in [2.45, 2.75) is 0 Å². The van der Waals surface area contributed by atoms with Gasteiger partial charge in [-0.3, -0.25) is 5.10 Å². The van der Waals surface area contributed by atoms with Crippen LogP contribution in [0, 0.1) is 0 Å². The molecule has 3 aromatic rings. The Balaban J connectivity index is 1.88. The van der Waals surface area contributed by atoms with E-state index in [0.717, 1.165) is 5.69 Å². The molecule has 0 saturated heterocycles. The number of aromatic nitrogens is 2. The second kappa shape index (κ2) is 5.07. The molecule has 19 heavy (non-hydrogen) atoms. The highest BCUT2D eigenvalue weighted by atomic mass is 35.5. The summed E-state index contributed by atoms with van der Waals surface area (Å²) in [5.41, 5.74) is 2.03. The van der Waals surface area contributed by atoms with Crippen LogP contribution in [0.25, 0.3) is 11.5 Å². The predicted octanol–water partition coefficient (Wildman–Crippen LogP) is 4.74. The standard InChI is InChI=1S/C13H9ClN4O/c14-9-3-5-10(6-4-9)16-17-11-8-15-18-13(11)12-2-1-7-19-12/h1-8H,(H,15,18). The zero-order valence-electron chi connectivity index (χ0n) is 9.75. The van der Waals surface area contributed by atoms with Crippen molar-refractivity contribution in [3.8, 4) is 11.5 Å². The van der Waals surface area contributed by atoms with Crippen LogP contribution in [0.4, 0.5) is 11.4 Å². The molecule has 2 aromatic heterocycles. The molecule has 6 heteroatoms. The van der Waals surface area contributed by atoms with Gasteiger partial charge < -0.3 is 4.42 Å². The van der Waals surface area contributed by atoms with Gasteiger partial charge in [-0.25, -0.2) is 0 Å². The summed E-state index contributed by atoms with van der Waals surface area (Å²) >= 11 is 5.80. The number of aromatic amines is 1. The number of nitrogens with one attached hydrogen (secondary N) is 1. The van der Waals surface area contributed by atoms with Crippen LogP contribution in [0.5, 0.6) is 0 Å². The first-order valence-electron chi connectivity index (χ1n) is 5.57. The number of hydrogen-bond acceptors (Lipinski definition) is 4. The Kier molecular flexibility index (Phi) is 3.12. The SMILES string of the molecule is Clc1ccc(N=Nc2cn[nH]c2-c2ccco2)cc1. The van der Waals surface area contributed by atoms with Crippen LogP contribution < -0.4 is 0 Å². The first-order chi connectivity index (χ1) is 9.33. The molecule has 5 nitrogen and oxygen atoms in total. The van der Waals surface area contributed by atoms with Crippen molar-refractivity contribution in [3.05, 3.63) is 53.9 Å². The number of hydrogen-bond donors (Lipinski definition) is 1. The molecule has 0 aliphatic rings. The molecule has 0 bridgehead atoms. The highest BCUT2D eigenvalue weighted by molar-refractivity contribution is 6.30. The van der Waals surface area contributed by atoms with Crippen LogP contribution in [0.2, 0.25) is 5.02 Å². The van der Waals surface area contributed by atoms with Crippen molar-refractivity contribution >= 4 is 23.0 Å². The second-order valence-electron chi connectivity index (χ2n) is 3.78. The Labute approximate surface area is 113 Å². The number of nitrogens with zero attached hydrogens (tertiary/aromatic N) is 3. The summed E-state index contributed by atoms with van der Waals surface area (Å²) in [5, 5.41) is 15.7. The molecule has 1 aromatic carbocycles. The highest BCUT2D eigenvalue weighted by Crippen LogP contribution is 2.29. The summed E-state index contributed by atoms with van der Waals surface area (Å²) in [6, 6.07) is 10.7. The molecule has 0 fully saturated rings. The van der Waals surface area contributed by atoms with Gasteiger partial charge in [0.25, 0.3) is 0 Å². The molecule has 94 valence electrons. The van der Waals surface area contributed by atoms with Crippen LogP contribution >= 0.6 is 11.6 Å². The number of benzene rings is 1. The van der Waals surface area contributed by atoms with Crippen LogP contribution in [0.1, 0.15) is 0 Å². The summed E-state index contributed by atoms with van der Waals surface area (Å²) in [4.78, 5) is 0. The molecular weight excluding hydrogens is 264 g/mol. The molecular formula is C13H9ClN4O. The fourth-order valence-corrected chi connectivity index (χ4v) is 1.70. The lowest BCUT2D eigenvalue weighted by Crippen LogP contribution is -1.73. The summed E-state index contributed by atoms with van der Waals surface area (Å²) in [6.45, 7) is 0. The summed E-state index contributed by atoms with van der Waals surface area (Å²) < 4.78 is 5.30. The lowest BCUT2D eigenvalue weighted by atomic mass is 10.3. The van der Waals surface area contributed by atoms with Gasteiger partial charge in [0, 0.05) is 5.02 Å². The molecule has 1 N–H and O–H groups in total. The Bertz CT molecular complexity index is 686. The minimum Gasteiger partial charge on any atom is -0.463 e. The minimum atomic E-state index is 0.616. The monoisotopic (exact) mass is 272 g/mol. The Morgan fingerprint density at radius 3 is 2.68 bits per heavy atom. The van der Waals surface area contributed by atoms with Crippen molar-refractivity contribution in [3.63, 3.8) is 0 Å². The van der Waals surface area contributed by atoms with E-state index in [1.54, 1.807) is 42.8 Å². The third-order valence-electron chi connectivity index (χ3n) is 2.49. The Morgan fingerprint density at radius 2 is 1.95 bits per heavy atom. The maximum Gasteiger partial charge on any atom is 0.153 e. The molecule has 2 heterocycles. The van der Waals surface area contributed by atoms with Crippen molar-refractivity contribution < 1.29 is 4.42 Å². The molecule has 0 radical (unpaired) electrons. The molecule has 0 amide bonds. The molecule has 0 aliphatic heterocycles. The van der Waals surface area contributed by atoms with Crippen molar-refractivity contribution in [1.29, 1.82) is 0 Å². The zero-order chi connectivity index (χ0) is 13.1. The van der Waals surface area contributed by atoms with Gasteiger partial charge in [-0.15, -0.1) is 5.11 Å². The highest BCUT2D eigenvalue weighted by Gasteiger charge is 2.09. The smallest absolute Gasteiger partial charge is 0.153 e. The van der Waals surface area contributed by atoms with Crippen LogP contribution in [-0.4, -0.2) is 10.2 Å². The average molecular weight is 273 g/mol.